The maximum Gasteiger partial charge on any atom is 0.244 e. The number of ketones is 1. The van der Waals surface area contributed by atoms with Gasteiger partial charge in [0, 0.05) is 15.6 Å². The second-order valence-corrected chi connectivity index (χ2v) is 7.80. The van der Waals surface area contributed by atoms with Gasteiger partial charge in [0.25, 0.3) is 0 Å². The molecule has 32 heavy (non-hydrogen) atoms. The van der Waals surface area contributed by atoms with Gasteiger partial charge in [0.15, 0.2) is 13.2 Å². The maximum absolute atomic E-state index is 12.9. The summed E-state index contributed by atoms with van der Waals surface area (Å²) in [6, 6.07) is 10.8. The number of hydrogen-bond acceptors (Lipinski definition) is 3. The van der Waals surface area contributed by atoms with Crippen molar-refractivity contribution in [2.45, 2.75) is 26.1 Å². The van der Waals surface area contributed by atoms with Gasteiger partial charge in [0.2, 0.25) is 12.1 Å². The van der Waals surface area contributed by atoms with E-state index in [0.29, 0.717) is 22.3 Å². The zero-order chi connectivity index (χ0) is 22.9. The Morgan fingerprint density at radius 1 is 1.22 bits per heavy atom. The fourth-order valence-electron chi connectivity index (χ4n) is 2.99. The lowest BCUT2D eigenvalue weighted by Crippen LogP contribution is -2.37. The number of carbonyl (C=O) groups excluding carboxylic acids is 1. The van der Waals surface area contributed by atoms with Crippen molar-refractivity contribution >= 4 is 29.0 Å². The van der Waals surface area contributed by atoms with Gasteiger partial charge >= 0.3 is 0 Å². The third kappa shape index (κ3) is 7.10. The first-order chi connectivity index (χ1) is 15.4. The van der Waals surface area contributed by atoms with Crippen LogP contribution in [0.4, 0.5) is 4.39 Å². The third-order valence-electron chi connectivity index (χ3n) is 4.54. The summed E-state index contributed by atoms with van der Waals surface area (Å²) in [5.41, 5.74) is 0.804. The van der Waals surface area contributed by atoms with Gasteiger partial charge in [0.05, 0.1) is 0 Å². The van der Waals surface area contributed by atoms with E-state index in [-0.39, 0.29) is 37.5 Å². The zero-order valence-electron chi connectivity index (χ0n) is 17.4. The van der Waals surface area contributed by atoms with Crippen LogP contribution < -0.4 is 9.30 Å². The number of carbonyl (C=O) groups is 1. The molecule has 5 nitrogen and oxygen atoms in total. The van der Waals surface area contributed by atoms with Gasteiger partial charge in [-0.15, -0.1) is 5.92 Å². The Bertz CT molecular complexity index is 1120. The lowest BCUT2D eigenvalue weighted by Gasteiger charge is -2.16. The van der Waals surface area contributed by atoms with E-state index < -0.39 is 0 Å². The Labute approximate surface area is 196 Å². The fourth-order valence-corrected chi connectivity index (χ4v) is 3.52. The molecule has 0 spiro atoms. The fraction of sp³-hybridized carbons (Fsp3) is 0.250. The van der Waals surface area contributed by atoms with Gasteiger partial charge in [-0.05, 0) is 43.3 Å². The van der Waals surface area contributed by atoms with Crippen LogP contribution in [0.15, 0.2) is 61.2 Å². The van der Waals surface area contributed by atoms with Crippen LogP contribution in [0.1, 0.15) is 18.6 Å². The van der Waals surface area contributed by atoms with E-state index in [4.69, 9.17) is 32.7 Å². The summed E-state index contributed by atoms with van der Waals surface area (Å²) in [7, 11) is 0. The lowest BCUT2D eigenvalue weighted by molar-refractivity contribution is -0.683. The number of hydrogen-bond donors (Lipinski definition) is 0. The summed E-state index contributed by atoms with van der Waals surface area (Å²) in [5, 5.41) is 1.06. The molecule has 0 radical (unpaired) electrons. The van der Waals surface area contributed by atoms with Crippen molar-refractivity contribution < 1.29 is 23.2 Å². The number of Topliss-reactive ketones (excluding diaryl/α,β-unsaturated/α-hetero) is 1. The smallest absolute Gasteiger partial charge is 0.244 e. The number of rotatable bonds is 10. The number of aromatic nitrogens is 2. The van der Waals surface area contributed by atoms with Crippen molar-refractivity contribution in [1.29, 1.82) is 0 Å². The van der Waals surface area contributed by atoms with E-state index in [1.807, 2.05) is 23.2 Å². The molecule has 0 saturated carbocycles. The second-order valence-electron chi connectivity index (χ2n) is 6.96. The Balaban J connectivity index is 1.61. The molecule has 3 aromatic rings. The Morgan fingerprint density at radius 2 is 2.00 bits per heavy atom. The van der Waals surface area contributed by atoms with Crippen LogP contribution in [0.3, 0.4) is 0 Å². The molecule has 1 unspecified atom stereocenters. The Hall–Kier alpha value is -2.85. The molecule has 1 atom stereocenters. The number of ether oxygens (including phenoxy) is 2. The summed E-state index contributed by atoms with van der Waals surface area (Å²) in [4.78, 5) is 12.3. The molecule has 0 fully saturated rings. The number of halogens is 3. The van der Waals surface area contributed by atoms with Gasteiger partial charge in [-0.2, -0.15) is 0 Å². The van der Waals surface area contributed by atoms with Gasteiger partial charge in [-0.25, -0.2) is 13.5 Å². The highest BCUT2D eigenvalue weighted by atomic mass is 35.5. The molecule has 166 valence electrons. The SMILES string of the molecule is CC#CCOC(Cn1cc[n+](CC(=O)COc2ccc(F)cc2)c1)c1ccc(Cl)cc1Cl. The van der Waals surface area contributed by atoms with Crippen LogP contribution in [-0.4, -0.2) is 23.6 Å². The largest absolute Gasteiger partial charge is 0.486 e. The standard InChI is InChI=1S/C24H22Cl2FN2O3/c1-2-3-12-31-24(22-9-4-18(25)13-23(22)26)15-29-11-10-28(17-29)14-20(30)16-32-21-7-5-19(27)6-8-21/h4-11,13,17,24H,12,14-16H2,1H3/q+1. The zero-order valence-corrected chi connectivity index (χ0v) is 18.9. The minimum Gasteiger partial charge on any atom is -0.486 e. The molecule has 0 aliphatic heterocycles. The van der Waals surface area contributed by atoms with Crippen molar-refractivity contribution in [1.82, 2.24) is 4.57 Å². The van der Waals surface area contributed by atoms with Crippen LogP contribution in [0, 0.1) is 17.7 Å². The van der Waals surface area contributed by atoms with E-state index >= 15 is 0 Å². The summed E-state index contributed by atoms with van der Waals surface area (Å²) in [6.07, 6.45) is 5.10. The minimum atomic E-state index is -0.357. The van der Waals surface area contributed by atoms with Crippen molar-refractivity contribution in [3.63, 3.8) is 0 Å². The average molecular weight is 476 g/mol. The molecular weight excluding hydrogens is 454 g/mol. The highest BCUT2D eigenvalue weighted by Gasteiger charge is 2.20. The highest BCUT2D eigenvalue weighted by molar-refractivity contribution is 6.35. The first-order valence-corrected chi connectivity index (χ1v) is 10.6. The van der Waals surface area contributed by atoms with Crippen molar-refractivity contribution in [2.75, 3.05) is 13.2 Å². The molecule has 0 N–H and O–H groups in total. The maximum atomic E-state index is 12.9. The summed E-state index contributed by atoms with van der Waals surface area (Å²) in [6.45, 7) is 2.52. The lowest BCUT2D eigenvalue weighted by atomic mass is 10.1. The predicted molar refractivity (Wildman–Crippen MR) is 120 cm³/mol. The highest BCUT2D eigenvalue weighted by Crippen LogP contribution is 2.29. The normalized spacial score (nSPS) is 11.5. The average Bonchev–Trinajstić information content (AvgIpc) is 3.19. The molecular formula is C24H22Cl2FN2O3+. The number of imidazole rings is 1. The molecule has 1 aromatic heterocycles. The third-order valence-corrected chi connectivity index (χ3v) is 5.10. The van der Waals surface area contributed by atoms with E-state index in [2.05, 4.69) is 11.8 Å². The molecule has 0 saturated heterocycles. The monoisotopic (exact) mass is 475 g/mol. The second kappa shape index (κ2) is 11.7. The number of nitrogens with zero attached hydrogens (tertiary/aromatic N) is 2. The molecule has 2 aromatic carbocycles. The van der Waals surface area contributed by atoms with Crippen LogP contribution in [0.2, 0.25) is 10.0 Å². The molecule has 1 heterocycles. The van der Waals surface area contributed by atoms with E-state index in [0.717, 1.165) is 5.56 Å². The predicted octanol–water partition coefficient (Wildman–Crippen LogP) is 4.65. The quantitative estimate of drug-likeness (QED) is 0.316. The molecule has 3 rings (SSSR count). The first kappa shape index (κ1) is 23.8. The summed E-state index contributed by atoms with van der Waals surface area (Å²) in [5.74, 6) is 5.66. The van der Waals surface area contributed by atoms with Crippen molar-refractivity contribution in [2.24, 2.45) is 0 Å². The van der Waals surface area contributed by atoms with E-state index in [1.54, 1.807) is 29.8 Å². The van der Waals surface area contributed by atoms with Gasteiger partial charge in [-0.1, -0.05) is 35.2 Å². The van der Waals surface area contributed by atoms with Crippen molar-refractivity contribution in [3.05, 3.63) is 82.6 Å². The number of benzene rings is 2. The van der Waals surface area contributed by atoms with Crippen LogP contribution in [0.5, 0.6) is 5.75 Å². The van der Waals surface area contributed by atoms with Gasteiger partial charge in [-0.3, -0.25) is 4.79 Å². The molecule has 0 aliphatic rings. The molecule has 8 heteroatoms. The first-order valence-electron chi connectivity index (χ1n) is 9.85. The Kier molecular flexibility index (Phi) is 8.69. The Morgan fingerprint density at radius 3 is 2.72 bits per heavy atom. The summed E-state index contributed by atoms with van der Waals surface area (Å²) < 4.78 is 27.9. The minimum absolute atomic E-state index is 0.106. The van der Waals surface area contributed by atoms with Crippen LogP contribution in [0.25, 0.3) is 0 Å². The van der Waals surface area contributed by atoms with E-state index in [9.17, 15) is 9.18 Å². The van der Waals surface area contributed by atoms with Gasteiger partial charge < -0.3 is 9.47 Å². The van der Waals surface area contributed by atoms with Crippen LogP contribution in [-0.2, 0) is 22.6 Å². The van der Waals surface area contributed by atoms with Gasteiger partial charge in [0.1, 0.15) is 43.2 Å². The molecule has 0 aliphatic carbocycles. The van der Waals surface area contributed by atoms with Crippen LogP contribution >= 0.6 is 23.2 Å². The topological polar surface area (TPSA) is 44.3 Å². The molecule has 0 amide bonds. The molecule has 0 bridgehead atoms. The summed E-state index contributed by atoms with van der Waals surface area (Å²) >= 11 is 12.4. The van der Waals surface area contributed by atoms with Crippen molar-refractivity contribution in [3.8, 4) is 17.6 Å². The van der Waals surface area contributed by atoms with E-state index in [1.165, 1.54) is 24.3 Å².